The van der Waals surface area contributed by atoms with Crippen molar-refractivity contribution in [1.82, 2.24) is 4.98 Å². The minimum absolute atomic E-state index is 0.169. The van der Waals surface area contributed by atoms with Crippen molar-refractivity contribution < 1.29 is 8.42 Å². The van der Waals surface area contributed by atoms with Gasteiger partial charge in [0.05, 0.1) is 11.4 Å². The molecular formula is C15H19N3O2S. The third kappa shape index (κ3) is 3.22. The van der Waals surface area contributed by atoms with Gasteiger partial charge >= 0.3 is 0 Å². The van der Waals surface area contributed by atoms with Crippen LogP contribution >= 0.6 is 0 Å². The van der Waals surface area contributed by atoms with Crippen LogP contribution in [0.3, 0.4) is 0 Å². The van der Waals surface area contributed by atoms with Crippen molar-refractivity contribution in [2.24, 2.45) is 5.73 Å². The Morgan fingerprint density at radius 3 is 2.29 bits per heavy atom. The first-order valence-electron chi connectivity index (χ1n) is 6.73. The fourth-order valence-electron chi connectivity index (χ4n) is 2.01. The van der Waals surface area contributed by atoms with E-state index >= 15 is 0 Å². The smallest absolute Gasteiger partial charge is 0.265 e. The van der Waals surface area contributed by atoms with E-state index in [1.54, 1.807) is 31.2 Å². The normalized spacial score (nSPS) is 11.4. The summed E-state index contributed by atoms with van der Waals surface area (Å²) >= 11 is 0. The molecule has 0 fully saturated rings. The molecule has 2 N–H and O–H groups in total. The molecule has 1 aromatic heterocycles. The lowest BCUT2D eigenvalue weighted by Gasteiger charge is -2.23. The zero-order chi connectivity index (χ0) is 15.5. The van der Waals surface area contributed by atoms with Crippen molar-refractivity contribution in [2.75, 3.05) is 10.8 Å². The van der Waals surface area contributed by atoms with Crippen LogP contribution in [0.15, 0.2) is 47.5 Å². The summed E-state index contributed by atoms with van der Waals surface area (Å²) in [6, 6.07) is 10.6. The van der Waals surface area contributed by atoms with Crippen LogP contribution in [0.1, 0.15) is 18.2 Å². The highest BCUT2D eigenvalue weighted by Crippen LogP contribution is 2.23. The van der Waals surface area contributed by atoms with Crippen LogP contribution in [-0.4, -0.2) is 19.9 Å². The molecule has 0 aliphatic heterocycles. The molecule has 0 unspecified atom stereocenters. The van der Waals surface area contributed by atoms with Crippen molar-refractivity contribution in [1.29, 1.82) is 0 Å². The fraction of sp³-hybridized carbons (Fsp3) is 0.267. The first-order valence-corrected chi connectivity index (χ1v) is 8.17. The summed E-state index contributed by atoms with van der Waals surface area (Å²) in [6.45, 7) is 4.41. The molecule has 0 spiro atoms. The van der Waals surface area contributed by atoms with Gasteiger partial charge in [0.25, 0.3) is 10.0 Å². The number of hydrogen-bond acceptors (Lipinski definition) is 4. The van der Waals surface area contributed by atoms with Gasteiger partial charge in [-0.05, 0) is 38.1 Å². The van der Waals surface area contributed by atoms with Crippen LogP contribution < -0.4 is 10.0 Å². The Morgan fingerprint density at radius 2 is 1.81 bits per heavy atom. The third-order valence-electron chi connectivity index (χ3n) is 3.20. The molecule has 0 amide bonds. The Kier molecular flexibility index (Phi) is 4.59. The molecule has 2 aromatic rings. The molecular weight excluding hydrogens is 286 g/mol. The highest BCUT2D eigenvalue weighted by molar-refractivity contribution is 7.92. The summed E-state index contributed by atoms with van der Waals surface area (Å²) in [5.74, 6) is 0. The number of pyridine rings is 1. The number of aromatic nitrogens is 1. The van der Waals surface area contributed by atoms with E-state index in [0.29, 0.717) is 17.9 Å². The maximum Gasteiger partial charge on any atom is 0.265 e. The molecule has 0 bridgehead atoms. The molecule has 0 saturated carbocycles. The molecule has 2 rings (SSSR count). The molecule has 21 heavy (non-hydrogen) atoms. The Hall–Kier alpha value is -1.92. The number of nitrogens with zero attached hydrogens (tertiary/aromatic N) is 2. The minimum Gasteiger partial charge on any atom is -0.325 e. The van der Waals surface area contributed by atoms with Crippen molar-refractivity contribution in [3.63, 3.8) is 0 Å². The van der Waals surface area contributed by atoms with Gasteiger partial charge in [-0.25, -0.2) is 8.42 Å². The van der Waals surface area contributed by atoms with Crippen molar-refractivity contribution >= 4 is 15.7 Å². The molecule has 0 atom stereocenters. The first kappa shape index (κ1) is 15.5. The van der Waals surface area contributed by atoms with Gasteiger partial charge < -0.3 is 5.73 Å². The van der Waals surface area contributed by atoms with Gasteiger partial charge in [-0.15, -0.1) is 0 Å². The second-order valence-electron chi connectivity index (χ2n) is 4.69. The summed E-state index contributed by atoms with van der Waals surface area (Å²) in [5.41, 5.74) is 7.87. The molecule has 1 aromatic carbocycles. The topological polar surface area (TPSA) is 76.3 Å². The van der Waals surface area contributed by atoms with Crippen molar-refractivity contribution in [2.45, 2.75) is 25.3 Å². The largest absolute Gasteiger partial charge is 0.325 e. The summed E-state index contributed by atoms with van der Waals surface area (Å²) in [7, 11) is -3.61. The number of benzene rings is 1. The Bertz CT molecular complexity index is 695. The zero-order valence-electron chi connectivity index (χ0n) is 12.2. The SMILES string of the molecule is CCN(c1ccc(C)cc1)S(=O)(=O)c1ccc(CN)nc1. The van der Waals surface area contributed by atoms with Crippen LogP contribution in [0, 0.1) is 6.92 Å². The fourth-order valence-corrected chi connectivity index (χ4v) is 3.43. The van der Waals surface area contributed by atoms with E-state index in [1.165, 1.54) is 10.5 Å². The molecule has 0 aliphatic carbocycles. The molecule has 1 heterocycles. The van der Waals surface area contributed by atoms with Crippen LogP contribution in [0.5, 0.6) is 0 Å². The molecule has 0 aliphatic rings. The molecule has 112 valence electrons. The van der Waals surface area contributed by atoms with Crippen LogP contribution in [0.4, 0.5) is 5.69 Å². The third-order valence-corrected chi connectivity index (χ3v) is 5.09. The van der Waals surface area contributed by atoms with E-state index < -0.39 is 10.0 Å². The van der Waals surface area contributed by atoms with Gasteiger partial charge in [0.2, 0.25) is 0 Å². The van der Waals surface area contributed by atoms with Gasteiger partial charge in [-0.2, -0.15) is 0 Å². The van der Waals surface area contributed by atoms with Gasteiger partial charge in [-0.1, -0.05) is 17.7 Å². The lowest BCUT2D eigenvalue weighted by atomic mass is 10.2. The van der Waals surface area contributed by atoms with E-state index in [0.717, 1.165) is 5.56 Å². The summed E-state index contributed by atoms with van der Waals surface area (Å²) in [4.78, 5) is 4.23. The number of rotatable bonds is 5. The highest BCUT2D eigenvalue weighted by atomic mass is 32.2. The van der Waals surface area contributed by atoms with E-state index in [-0.39, 0.29) is 11.4 Å². The lowest BCUT2D eigenvalue weighted by Crippen LogP contribution is -2.30. The monoisotopic (exact) mass is 305 g/mol. The number of sulfonamides is 1. The number of nitrogens with two attached hydrogens (primary N) is 1. The first-order chi connectivity index (χ1) is 9.98. The Labute approximate surface area is 125 Å². The van der Waals surface area contributed by atoms with Gasteiger partial charge in [0.15, 0.2) is 0 Å². The van der Waals surface area contributed by atoms with Crippen LogP contribution in [-0.2, 0) is 16.6 Å². The number of hydrogen-bond donors (Lipinski definition) is 1. The van der Waals surface area contributed by atoms with Gasteiger partial charge in [-0.3, -0.25) is 9.29 Å². The molecule has 6 heteroatoms. The van der Waals surface area contributed by atoms with Crippen molar-refractivity contribution in [3.8, 4) is 0 Å². The van der Waals surface area contributed by atoms with E-state index in [9.17, 15) is 8.42 Å². The van der Waals surface area contributed by atoms with Gasteiger partial charge in [0.1, 0.15) is 4.90 Å². The predicted octanol–water partition coefficient (Wildman–Crippen LogP) is 2.06. The number of aryl methyl sites for hydroxylation is 1. The quantitative estimate of drug-likeness (QED) is 0.917. The maximum atomic E-state index is 12.7. The lowest BCUT2D eigenvalue weighted by molar-refractivity contribution is 0.591. The highest BCUT2D eigenvalue weighted by Gasteiger charge is 2.23. The second kappa shape index (κ2) is 6.24. The zero-order valence-corrected chi connectivity index (χ0v) is 13.0. The Morgan fingerprint density at radius 1 is 1.14 bits per heavy atom. The van der Waals surface area contributed by atoms with E-state index in [4.69, 9.17) is 5.73 Å². The van der Waals surface area contributed by atoms with Crippen LogP contribution in [0.25, 0.3) is 0 Å². The summed E-state index contributed by atoms with van der Waals surface area (Å²) in [6.07, 6.45) is 1.36. The average molecular weight is 305 g/mol. The standard InChI is InChI=1S/C15H19N3O2S/c1-3-18(14-7-4-12(2)5-8-14)21(19,20)15-9-6-13(10-16)17-11-15/h4-9,11H,3,10,16H2,1-2H3. The maximum absolute atomic E-state index is 12.7. The summed E-state index contributed by atoms with van der Waals surface area (Å²) < 4.78 is 26.8. The van der Waals surface area contributed by atoms with Crippen LogP contribution in [0.2, 0.25) is 0 Å². The van der Waals surface area contributed by atoms with Gasteiger partial charge in [0, 0.05) is 19.3 Å². The average Bonchev–Trinajstić information content (AvgIpc) is 2.50. The molecule has 0 saturated heterocycles. The molecule has 0 radical (unpaired) electrons. The van der Waals surface area contributed by atoms with E-state index in [2.05, 4.69) is 4.98 Å². The Balaban J connectivity index is 2.41. The summed E-state index contributed by atoms with van der Waals surface area (Å²) in [5, 5.41) is 0. The second-order valence-corrected chi connectivity index (χ2v) is 6.56. The van der Waals surface area contributed by atoms with Crippen molar-refractivity contribution in [3.05, 3.63) is 53.9 Å². The van der Waals surface area contributed by atoms with E-state index in [1.807, 2.05) is 19.1 Å². The minimum atomic E-state index is -3.61. The molecule has 5 nitrogen and oxygen atoms in total. The number of anilines is 1. The predicted molar refractivity (Wildman–Crippen MR) is 83.5 cm³/mol.